The van der Waals surface area contributed by atoms with Crippen molar-refractivity contribution in [1.29, 1.82) is 0 Å². The third-order valence-corrected chi connectivity index (χ3v) is 8.23. The Hall–Kier alpha value is -3.31. The van der Waals surface area contributed by atoms with E-state index in [4.69, 9.17) is 0 Å². The van der Waals surface area contributed by atoms with Crippen molar-refractivity contribution in [1.82, 2.24) is 10.2 Å². The van der Waals surface area contributed by atoms with Gasteiger partial charge in [0.05, 0.1) is 11.9 Å². The molecule has 0 saturated heterocycles. The number of sulfonamides is 1. The maximum absolute atomic E-state index is 13.9. The topological polar surface area (TPSA) is 86.8 Å². The van der Waals surface area contributed by atoms with Crippen molar-refractivity contribution in [2.45, 2.75) is 45.7 Å². The average molecular weight is 665 g/mol. The molecule has 0 saturated carbocycles. The number of amides is 2. The number of carbonyl (C=O) groups is 2. The zero-order valence-corrected chi connectivity index (χ0v) is 26.3. The molecule has 0 aliphatic heterocycles. The monoisotopic (exact) mass is 663 g/mol. The molecule has 3 aromatic carbocycles. The molecule has 7 nitrogen and oxygen atoms in total. The smallest absolute Gasteiger partial charge is 0.243 e. The molecular weight excluding hydrogens is 628 g/mol. The number of halogens is 3. The van der Waals surface area contributed by atoms with E-state index in [-0.39, 0.29) is 55.8 Å². The van der Waals surface area contributed by atoms with E-state index in [1.807, 2.05) is 68.4 Å². The Bertz CT molecular complexity index is 1470. The number of nitrogens with one attached hydrogen (secondary N) is 1. The van der Waals surface area contributed by atoms with Crippen LogP contribution in [0.1, 0.15) is 37.8 Å². The number of nitrogens with zero attached hydrogens (tertiary/aromatic N) is 2. The lowest BCUT2D eigenvalue weighted by Gasteiger charge is -2.32. The van der Waals surface area contributed by atoms with Gasteiger partial charge in [0.2, 0.25) is 21.8 Å². The van der Waals surface area contributed by atoms with Gasteiger partial charge in [-0.05, 0) is 47.7 Å². The Morgan fingerprint density at radius 3 is 2.24 bits per heavy atom. The van der Waals surface area contributed by atoms with Gasteiger partial charge in [0, 0.05) is 43.0 Å². The molecule has 0 heterocycles. The highest BCUT2D eigenvalue weighted by Crippen LogP contribution is 2.23. The lowest BCUT2D eigenvalue weighted by atomic mass is 10.0. The molecule has 42 heavy (non-hydrogen) atoms. The molecule has 0 unspecified atom stereocenters. The normalized spacial score (nSPS) is 12.2. The van der Waals surface area contributed by atoms with Crippen LogP contribution in [-0.2, 0) is 32.6 Å². The van der Waals surface area contributed by atoms with E-state index in [0.29, 0.717) is 6.54 Å². The van der Waals surface area contributed by atoms with Crippen LogP contribution in [0.15, 0.2) is 77.3 Å². The van der Waals surface area contributed by atoms with Crippen LogP contribution in [0.4, 0.5) is 14.5 Å². The lowest BCUT2D eigenvalue weighted by molar-refractivity contribution is -0.141. The van der Waals surface area contributed by atoms with Crippen LogP contribution < -0.4 is 9.62 Å². The molecule has 1 N–H and O–H groups in total. The Morgan fingerprint density at radius 1 is 0.929 bits per heavy atom. The zero-order chi connectivity index (χ0) is 30.9. The fourth-order valence-electron chi connectivity index (χ4n) is 4.45. The molecule has 3 rings (SSSR count). The van der Waals surface area contributed by atoms with Gasteiger partial charge in [-0.3, -0.25) is 13.9 Å². The first kappa shape index (κ1) is 33.2. The number of rotatable bonds is 14. The number of hydrogen-bond donors (Lipinski definition) is 1. The first-order valence-electron chi connectivity index (χ1n) is 13.6. The summed E-state index contributed by atoms with van der Waals surface area (Å²) < 4.78 is 54.1. The summed E-state index contributed by atoms with van der Waals surface area (Å²) in [5.41, 5.74) is 1.66. The van der Waals surface area contributed by atoms with Crippen LogP contribution >= 0.6 is 15.9 Å². The van der Waals surface area contributed by atoms with Crippen LogP contribution in [0, 0.1) is 17.6 Å². The summed E-state index contributed by atoms with van der Waals surface area (Å²) >= 11 is 3.46. The van der Waals surface area contributed by atoms with Gasteiger partial charge < -0.3 is 10.2 Å². The second-order valence-corrected chi connectivity index (χ2v) is 13.4. The van der Waals surface area contributed by atoms with Crippen LogP contribution in [0.5, 0.6) is 0 Å². The quantitative estimate of drug-likeness (QED) is 0.240. The summed E-state index contributed by atoms with van der Waals surface area (Å²) in [6.45, 7) is 4.43. The van der Waals surface area contributed by atoms with Crippen molar-refractivity contribution in [2.24, 2.45) is 5.92 Å². The van der Waals surface area contributed by atoms with Crippen LogP contribution in [0.25, 0.3) is 0 Å². The molecule has 0 radical (unpaired) electrons. The third kappa shape index (κ3) is 9.90. The standard InChI is InChI=1S/C31H36BrF2N3O4S/c1-22(2)20-35-31(39)29(18-23-9-5-4-6-10-23)36(21-24-11-7-12-25(32)17-24)30(38)13-8-16-37(42(3,40)41)26-14-15-27(33)28(34)19-26/h4-7,9-12,14-15,17,19,22,29H,8,13,16,18,20-21H2,1-3H3,(H,35,39)/t29-/m1/s1. The van der Waals surface area contributed by atoms with Crippen molar-refractivity contribution < 1.29 is 26.8 Å². The van der Waals surface area contributed by atoms with Crippen LogP contribution in [0.2, 0.25) is 0 Å². The molecule has 0 aromatic heterocycles. The highest BCUT2D eigenvalue weighted by molar-refractivity contribution is 9.10. The van der Waals surface area contributed by atoms with Crippen molar-refractivity contribution in [3.05, 3.63) is 100 Å². The second kappa shape index (κ2) is 15.2. The highest BCUT2D eigenvalue weighted by Gasteiger charge is 2.30. The minimum atomic E-state index is -3.86. The van der Waals surface area contributed by atoms with E-state index in [9.17, 15) is 26.8 Å². The van der Waals surface area contributed by atoms with E-state index in [1.54, 1.807) is 0 Å². The minimum absolute atomic E-state index is 0.0372. The number of carbonyl (C=O) groups excluding carboxylic acids is 2. The van der Waals surface area contributed by atoms with E-state index < -0.39 is 27.7 Å². The molecule has 0 fully saturated rings. The Morgan fingerprint density at radius 2 is 1.62 bits per heavy atom. The fourth-order valence-corrected chi connectivity index (χ4v) is 5.86. The Kier molecular flexibility index (Phi) is 12.0. The van der Waals surface area contributed by atoms with Gasteiger partial charge in [-0.2, -0.15) is 0 Å². The summed E-state index contributed by atoms with van der Waals surface area (Å²) in [4.78, 5) is 28.9. The third-order valence-electron chi connectivity index (χ3n) is 6.54. The van der Waals surface area contributed by atoms with Gasteiger partial charge in [-0.25, -0.2) is 17.2 Å². The first-order chi connectivity index (χ1) is 19.8. The van der Waals surface area contributed by atoms with Crippen molar-refractivity contribution in [2.75, 3.05) is 23.7 Å². The molecule has 2 amide bonds. The van der Waals surface area contributed by atoms with Crippen molar-refractivity contribution in [3.63, 3.8) is 0 Å². The predicted octanol–water partition coefficient (Wildman–Crippen LogP) is 5.69. The summed E-state index contributed by atoms with van der Waals surface area (Å²) in [5, 5.41) is 2.96. The summed E-state index contributed by atoms with van der Waals surface area (Å²) in [6.07, 6.45) is 1.26. The second-order valence-electron chi connectivity index (χ2n) is 10.5. The van der Waals surface area contributed by atoms with E-state index >= 15 is 0 Å². The van der Waals surface area contributed by atoms with E-state index in [1.165, 1.54) is 11.0 Å². The fraction of sp³-hybridized carbons (Fsp3) is 0.355. The first-order valence-corrected chi connectivity index (χ1v) is 16.3. The van der Waals surface area contributed by atoms with Gasteiger partial charge >= 0.3 is 0 Å². The minimum Gasteiger partial charge on any atom is -0.354 e. The molecule has 0 aliphatic rings. The van der Waals surface area contributed by atoms with Gasteiger partial charge in [0.15, 0.2) is 11.6 Å². The molecule has 11 heteroatoms. The molecule has 3 aromatic rings. The molecule has 0 spiro atoms. The molecule has 226 valence electrons. The summed E-state index contributed by atoms with van der Waals surface area (Å²) in [6, 6.07) is 18.9. The van der Waals surface area contributed by atoms with Gasteiger partial charge in [-0.15, -0.1) is 0 Å². The largest absolute Gasteiger partial charge is 0.354 e. The molecular formula is C31H36BrF2N3O4S. The lowest BCUT2D eigenvalue weighted by Crippen LogP contribution is -2.51. The van der Waals surface area contributed by atoms with Crippen molar-refractivity contribution in [3.8, 4) is 0 Å². The zero-order valence-electron chi connectivity index (χ0n) is 23.9. The highest BCUT2D eigenvalue weighted by atomic mass is 79.9. The van der Waals surface area contributed by atoms with Gasteiger partial charge in [0.25, 0.3) is 0 Å². The Labute approximate surface area is 255 Å². The maximum atomic E-state index is 13.9. The van der Waals surface area contributed by atoms with E-state index in [2.05, 4.69) is 21.2 Å². The van der Waals surface area contributed by atoms with Gasteiger partial charge in [-0.1, -0.05) is 72.2 Å². The van der Waals surface area contributed by atoms with Crippen LogP contribution in [-0.4, -0.2) is 50.5 Å². The van der Waals surface area contributed by atoms with Crippen molar-refractivity contribution >= 4 is 43.5 Å². The molecule has 0 aliphatic carbocycles. The van der Waals surface area contributed by atoms with Crippen LogP contribution in [0.3, 0.4) is 0 Å². The number of hydrogen-bond acceptors (Lipinski definition) is 4. The SMILES string of the molecule is CC(C)CNC(=O)[C@@H](Cc1ccccc1)N(Cc1cccc(Br)c1)C(=O)CCCN(c1ccc(F)c(F)c1)S(C)(=O)=O. The summed E-state index contributed by atoms with van der Waals surface area (Å²) in [7, 11) is -3.86. The Balaban J connectivity index is 1.89. The number of anilines is 1. The molecule has 0 bridgehead atoms. The average Bonchev–Trinajstić information content (AvgIpc) is 2.93. The molecule has 1 atom stereocenters. The summed E-state index contributed by atoms with van der Waals surface area (Å²) in [5.74, 6) is -2.68. The number of benzene rings is 3. The predicted molar refractivity (Wildman–Crippen MR) is 164 cm³/mol. The van der Waals surface area contributed by atoms with Gasteiger partial charge in [0.1, 0.15) is 6.04 Å². The maximum Gasteiger partial charge on any atom is 0.243 e. The van der Waals surface area contributed by atoms with E-state index in [0.717, 1.165) is 38.3 Å².